The monoisotopic (exact) mass is 1040 g/mol. The quantitative estimate of drug-likeness (QED) is 0.0261. The van der Waals surface area contributed by atoms with Crippen molar-refractivity contribution in [1.29, 1.82) is 0 Å². The number of hydrogen-bond donors (Lipinski definition) is 0. The fraction of sp³-hybridized carbons (Fsp3) is 0.838. The Hall–Kier alpha value is -2.63. The smallest absolute Gasteiger partial charge is 0.306 e. The van der Waals surface area contributed by atoms with Gasteiger partial charge in [0.1, 0.15) is 13.2 Å². The lowest BCUT2D eigenvalue weighted by Gasteiger charge is -2.18. The molecule has 74 heavy (non-hydrogen) atoms. The number of allylic oxidation sites excluding steroid dienone is 8. The molecular weight excluding hydrogens is 913 g/mol. The molecular formula is C68H124O6. The zero-order chi connectivity index (χ0) is 53.6. The van der Waals surface area contributed by atoms with Crippen LogP contribution in [0.1, 0.15) is 348 Å². The molecule has 0 heterocycles. The molecule has 0 aromatic carbocycles. The van der Waals surface area contributed by atoms with Crippen LogP contribution < -0.4 is 0 Å². The number of hydrogen-bond acceptors (Lipinski definition) is 6. The van der Waals surface area contributed by atoms with E-state index >= 15 is 0 Å². The van der Waals surface area contributed by atoms with Gasteiger partial charge in [0.25, 0.3) is 0 Å². The van der Waals surface area contributed by atoms with Crippen LogP contribution in [0.25, 0.3) is 0 Å². The van der Waals surface area contributed by atoms with Crippen molar-refractivity contribution in [2.24, 2.45) is 0 Å². The van der Waals surface area contributed by atoms with Gasteiger partial charge in [0, 0.05) is 19.3 Å². The van der Waals surface area contributed by atoms with Crippen molar-refractivity contribution in [3.63, 3.8) is 0 Å². The van der Waals surface area contributed by atoms with Gasteiger partial charge in [0.2, 0.25) is 0 Å². The van der Waals surface area contributed by atoms with E-state index in [4.69, 9.17) is 14.2 Å². The Morgan fingerprint density at radius 1 is 0.270 bits per heavy atom. The Kier molecular flexibility index (Phi) is 60.7. The number of unbranched alkanes of at least 4 members (excludes halogenated alkanes) is 41. The van der Waals surface area contributed by atoms with E-state index in [-0.39, 0.29) is 31.1 Å². The Bertz CT molecular complexity index is 1280. The summed E-state index contributed by atoms with van der Waals surface area (Å²) in [6.45, 7) is 6.60. The minimum atomic E-state index is -0.775. The lowest BCUT2D eigenvalue weighted by Crippen LogP contribution is -2.30. The van der Waals surface area contributed by atoms with E-state index in [2.05, 4.69) is 69.4 Å². The third kappa shape index (κ3) is 60.2. The molecule has 0 aliphatic carbocycles. The predicted octanol–water partition coefficient (Wildman–Crippen LogP) is 22.2. The Balaban J connectivity index is 3.99. The number of ether oxygens (including phenoxy) is 3. The average molecular weight is 1040 g/mol. The third-order valence-electron chi connectivity index (χ3n) is 14.6. The molecule has 1 atom stereocenters. The summed E-state index contributed by atoms with van der Waals surface area (Å²) in [6, 6.07) is 0. The summed E-state index contributed by atoms with van der Waals surface area (Å²) in [4.78, 5) is 38.0. The van der Waals surface area contributed by atoms with Crippen molar-refractivity contribution in [1.82, 2.24) is 0 Å². The summed E-state index contributed by atoms with van der Waals surface area (Å²) in [7, 11) is 0. The molecule has 0 aliphatic heterocycles. The number of carbonyl (C=O) groups excluding carboxylic acids is 3. The van der Waals surface area contributed by atoms with Gasteiger partial charge in [-0.2, -0.15) is 0 Å². The molecule has 0 rings (SSSR count). The molecule has 0 spiro atoms. The molecule has 6 nitrogen and oxygen atoms in total. The van der Waals surface area contributed by atoms with Crippen LogP contribution in [0.15, 0.2) is 48.6 Å². The van der Waals surface area contributed by atoms with E-state index < -0.39 is 6.10 Å². The minimum absolute atomic E-state index is 0.0744. The zero-order valence-electron chi connectivity index (χ0n) is 49.6. The molecule has 432 valence electrons. The fourth-order valence-corrected chi connectivity index (χ4v) is 9.62. The molecule has 0 saturated heterocycles. The first-order valence-corrected chi connectivity index (χ1v) is 32.6. The molecule has 1 unspecified atom stereocenters. The summed E-state index contributed by atoms with van der Waals surface area (Å²) in [6.07, 6.45) is 78.7. The van der Waals surface area contributed by atoms with Crippen LogP contribution in [-0.2, 0) is 28.6 Å². The molecule has 0 aliphatic rings. The van der Waals surface area contributed by atoms with E-state index in [1.165, 1.54) is 218 Å². The fourth-order valence-electron chi connectivity index (χ4n) is 9.62. The maximum absolute atomic E-state index is 12.8. The van der Waals surface area contributed by atoms with Crippen LogP contribution in [0.2, 0.25) is 0 Å². The largest absolute Gasteiger partial charge is 0.462 e. The first-order chi connectivity index (χ1) is 36.5. The second kappa shape index (κ2) is 62.9. The van der Waals surface area contributed by atoms with Gasteiger partial charge < -0.3 is 14.2 Å². The van der Waals surface area contributed by atoms with Crippen molar-refractivity contribution in [3.8, 4) is 0 Å². The van der Waals surface area contributed by atoms with Gasteiger partial charge in [-0.05, 0) is 83.5 Å². The van der Waals surface area contributed by atoms with E-state index in [0.29, 0.717) is 19.3 Å². The highest BCUT2D eigenvalue weighted by Crippen LogP contribution is 2.17. The van der Waals surface area contributed by atoms with Gasteiger partial charge in [-0.3, -0.25) is 14.4 Å². The normalized spacial score (nSPS) is 12.3. The number of rotatable bonds is 60. The number of carbonyl (C=O) groups is 3. The lowest BCUT2D eigenvalue weighted by atomic mass is 10.0. The van der Waals surface area contributed by atoms with E-state index in [9.17, 15) is 14.4 Å². The molecule has 6 heteroatoms. The highest BCUT2D eigenvalue weighted by molar-refractivity contribution is 5.71. The highest BCUT2D eigenvalue weighted by Gasteiger charge is 2.19. The molecule has 0 aromatic heterocycles. The van der Waals surface area contributed by atoms with Crippen LogP contribution in [0.4, 0.5) is 0 Å². The Morgan fingerprint density at radius 2 is 0.486 bits per heavy atom. The van der Waals surface area contributed by atoms with Crippen LogP contribution in [0.5, 0.6) is 0 Å². The van der Waals surface area contributed by atoms with Crippen molar-refractivity contribution >= 4 is 17.9 Å². The van der Waals surface area contributed by atoms with Gasteiger partial charge in [-0.15, -0.1) is 0 Å². The Labute approximate surface area is 460 Å². The van der Waals surface area contributed by atoms with Crippen molar-refractivity contribution < 1.29 is 28.6 Å². The molecule has 0 amide bonds. The minimum Gasteiger partial charge on any atom is -0.462 e. The maximum atomic E-state index is 12.8. The van der Waals surface area contributed by atoms with E-state index in [0.717, 1.165) is 89.9 Å². The van der Waals surface area contributed by atoms with Crippen LogP contribution in [0, 0.1) is 0 Å². The maximum Gasteiger partial charge on any atom is 0.306 e. The van der Waals surface area contributed by atoms with E-state index in [1.54, 1.807) is 0 Å². The molecule has 0 aromatic rings. The number of esters is 3. The van der Waals surface area contributed by atoms with Crippen molar-refractivity contribution in [2.45, 2.75) is 354 Å². The topological polar surface area (TPSA) is 78.9 Å². The van der Waals surface area contributed by atoms with Crippen molar-refractivity contribution in [3.05, 3.63) is 48.6 Å². The molecule has 0 bridgehead atoms. The summed E-state index contributed by atoms with van der Waals surface area (Å²) in [5.74, 6) is -0.875. The average Bonchev–Trinajstić information content (AvgIpc) is 3.40. The van der Waals surface area contributed by atoms with Gasteiger partial charge in [-0.25, -0.2) is 0 Å². The SMILES string of the molecule is CCCCC/C=C\C/C=C\CCCCCCCC(=O)OC(COC(=O)CCCCCCCCCC)COC(=O)CCCCCCCCCCCCCCCCCCCCCCC/C=C\C/C=C\CCCCCCC. The standard InChI is InChI=1S/C68H124O6/c1-4-7-10-13-16-19-21-23-25-26-27-28-29-30-31-32-33-34-35-36-37-38-39-40-41-42-44-45-47-49-52-55-58-61-67(70)73-64-65(63-72-66(69)60-57-54-51-18-15-12-9-6-3)74-68(71)62-59-56-53-50-48-46-43-24-22-20-17-14-11-8-5-2/h17,20-21,23-24,26-27,43,65H,4-16,18-19,22,25,28-42,44-64H2,1-3H3/b20-17-,23-21-,27-26-,43-24-. The third-order valence-corrected chi connectivity index (χ3v) is 14.6. The first-order valence-electron chi connectivity index (χ1n) is 32.6. The van der Waals surface area contributed by atoms with Gasteiger partial charge in [0.15, 0.2) is 6.10 Å². The summed E-state index contributed by atoms with van der Waals surface area (Å²) >= 11 is 0. The second-order valence-electron chi connectivity index (χ2n) is 22.0. The summed E-state index contributed by atoms with van der Waals surface area (Å²) in [5, 5.41) is 0. The highest BCUT2D eigenvalue weighted by atomic mass is 16.6. The first kappa shape index (κ1) is 71.4. The van der Waals surface area contributed by atoms with Crippen molar-refractivity contribution in [2.75, 3.05) is 13.2 Å². The second-order valence-corrected chi connectivity index (χ2v) is 22.0. The van der Waals surface area contributed by atoms with Crippen LogP contribution in [0.3, 0.4) is 0 Å². The van der Waals surface area contributed by atoms with Crippen LogP contribution in [-0.4, -0.2) is 37.2 Å². The molecule has 0 fully saturated rings. The van der Waals surface area contributed by atoms with Gasteiger partial charge in [-0.1, -0.05) is 294 Å². The predicted molar refractivity (Wildman–Crippen MR) is 321 cm³/mol. The lowest BCUT2D eigenvalue weighted by molar-refractivity contribution is -0.167. The molecule has 0 N–H and O–H groups in total. The zero-order valence-corrected chi connectivity index (χ0v) is 49.6. The van der Waals surface area contributed by atoms with Gasteiger partial charge in [0.05, 0.1) is 0 Å². The molecule has 0 saturated carbocycles. The summed E-state index contributed by atoms with van der Waals surface area (Å²) in [5.41, 5.74) is 0. The van der Waals surface area contributed by atoms with E-state index in [1.807, 2.05) is 0 Å². The Morgan fingerprint density at radius 3 is 0.770 bits per heavy atom. The van der Waals surface area contributed by atoms with Crippen LogP contribution >= 0.6 is 0 Å². The van der Waals surface area contributed by atoms with Gasteiger partial charge >= 0.3 is 17.9 Å². The summed E-state index contributed by atoms with van der Waals surface area (Å²) < 4.78 is 16.8. The molecule has 0 radical (unpaired) electrons.